The number of benzene rings is 1. The number of carbonyl (C=O) groups excluding carboxylic acids is 1. The van der Waals surface area contributed by atoms with Crippen LogP contribution in [0.4, 0.5) is 0 Å². The molecule has 2 N–H and O–H groups in total. The Bertz CT molecular complexity index is 669. The lowest BCUT2D eigenvalue weighted by molar-refractivity contribution is -0.122. The first-order valence-electron chi connectivity index (χ1n) is 6.65. The maximum atomic E-state index is 12.1. The van der Waals surface area contributed by atoms with Crippen LogP contribution in [0.3, 0.4) is 0 Å². The van der Waals surface area contributed by atoms with Crippen molar-refractivity contribution in [2.75, 3.05) is 0 Å². The molecular formula is C15H14N2O3S. The van der Waals surface area contributed by atoms with E-state index in [0.29, 0.717) is 10.9 Å². The molecule has 1 aliphatic rings. The summed E-state index contributed by atoms with van der Waals surface area (Å²) < 4.78 is 0. The molecule has 1 aliphatic carbocycles. The summed E-state index contributed by atoms with van der Waals surface area (Å²) >= 11 is 1.24. The van der Waals surface area contributed by atoms with E-state index in [1.165, 1.54) is 22.3 Å². The van der Waals surface area contributed by atoms with E-state index >= 15 is 0 Å². The minimum atomic E-state index is -1.05. The molecule has 1 amide bonds. The van der Waals surface area contributed by atoms with E-state index in [0.717, 1.165) is 6.42 Å². The van der Waals surface area contributed by atoms with Gasteiger partial charge in [-0.2, -0.15) is 0 Å². The van der Waals surface area contributed by atoms with Crippen LogP contribution in [0.1, 0.15) is 33.4 Å². The first-order chi connectivity index (χ1) is 10.1. The Morgan fingerprint density at radius 3 is 2.76 bits per heavy atom. The van der Waals surface area contributed by atoms with Crippen LogP contribution in [0.5, 0.6) is 0 Å². The van der Waals surface area contributed by atoms with Gasteiger partial charge in [0.2, 0.25) is 5.91 Å². The number of carbonyl (C=O) groups is 2. The summed E-state index contributed by atoms with van der Waals surface area (Å²) in [5.74, 6) is -0.713. The van der Waals surface area contributed by atoms with E-state index in [-0.39, 0.29) is 24.1 Å². The van der Waals surface area contributed by atoms with Gasteiger partial charge in [-0.15, -0.1) is 11.3 Å². The van der Waals surface area contributed by atoms with E-state index in [4.69, 9.17) is 5.11 Å². The van der Waals surface area contributed by atoms with Gasteiger partial charge in [0.25, 0.3) is 0 Å². The molecule has 1 saturated carbocycles. The number of hydrogen-bond donors (Lipinski definition) is 2. The lowest BCUT2D eigenvalue weighted by Crippen LogP contribution is -2.24. The van der Waals surface area contributed by atoms with Gasteiger partial charge < -0.3 is 10.4 Å². The van der Waals surface area contributed by atoms with Crippen LogP contribution in [0.25, 0.3) is 0 Å². The van der Waals surface area contributed by atoms with Gasteiger partial charge in [-0.1, -0.05) is 30.3 Å². The quantitative estimate of drug-likeness (QED) is 0.888. The zero-order valence-corrected chi connectivity index (χ0v) is 12.0. The van der Waals surface area contributed by atoms with Crippen molar-refractivity contribution in [3.8, 4) is 0 Å². The summed E-state index contributed by atoms with van der Waals surface area (Å²) in [4.78, 5) is 26.7. The fraction of sp³-hybridized carbons (Fsp3) is 0.267. The number of rotatable bonds is 5. The third-order valence-corrected chi connectivity index (χ3v) is 4.39. The Morgan fingerprint density at radius 2 is 2.10 bits per heavy atom. The summed E-state index contributed by atoms with van der Waals surface area (Å²) in [5, 5.41) is 13.7. The molecule has 0 saturated heterocycles. The van der Waals surface area contributed by atoms with Crippen LogP contribution in [-0.4, -0.2) is 22.0 Å². The summed E-state index contributed by atoms with van der Waals surface area (Å²) in [6.45, 7) is 0.286. The molecule has 1 fully saturated rings. The number of thiazole rings is 1. The fourth-order valence-corrected chi connectivity index (χ4v) is 3.05. The van der Waals surface area contributed by atoms with Gasteiger partial charge in [0.1, 0.15) is 5.01 Å². The minimum Gasteiger partial charge on any atom is -0.476 e. The number of nitrogens with zero attached hydrogens (tertiary/aromatic N) is 1. The SMILES string of the molecule is O=C(O)c1csc(CNC(=O)[C@H]2C[C@@H]2c2ccccc2)n1. The molecule has 0 radical (unpaired) electrons. The summed E-state index contributed by atoms with van der Waals surface area (Å²) in [6.07, 6.45) is 0.869. The summed E-state index contributed by atoms with van der Waals surface area (Å²) in [6, 6.07) is 10.00. The molecule has 0 aliphatic heterocycles. The van der Waals surface area contributed by atoms with Gasteiger partial charge in [-0.3, -0.25) is 4.79 Å². The van der Waals surface area contributed by atoms with Crippen LogP contribution < -0.4 is 5.32 Å². The van der Waals surface area contributed by atoms with Crippen molar-refractivity contribution in [1.82, 2.24) is 10.3 Å². The molecule has 5 nitrogen and oxygen atoms in total. The summed E-state index contributed by atoms with van der Waals surface area (Å²) in [7, 11) is 0. The zero-order valence-electron chi connectivity index (χ0n) is 11.2. The van der Waals surface area contributed by atoms with Crippen LogP contribution in [0.15, 0.2) is 35.7 Å². The van der Waals surface area contributed by atoms with E-state index in [1.54, 1.807) is 0 Å². The van der Waals surface area contributed by atoms with E-state index < -0.39 is 5.97 Å². The standard InChI is InChI=1S/C15H14N2O3S/c18-14(11-6-10(11)9-4-2-1-3-5-9)16-7-13-17-12(8-21-13)15(19)20/h1-5,8,10-11H,6-7H2,(H,16,18)(H,19,20)/t10-,11+/m1/s1. The monoisotopic (exact) mass is 302 g/mol. The third kappa shape index (κ3) is 3.11. The Labute approximate surface area is 125 Å². The highest BCUT2D eigenvalue weighted by atomic mass is 32.1. The van der Waals surface area contributed by atoms with Gasteiger partial charge in [0.05, 0.1) is 6.54 Å². The number of aromatic carboxylic acids is 1. The van der Waals surface area contributed by atoms with E-state index in [1.807, 2.05) is 30.3 Å². The number of amides is 1. The zero-order chi connectivity index (χ0) is 14.8. The van der Waals surface area contributed by atoms with Crippen LogP contribution in [0.2, 0.25) is 0 Å². The van der Waals surface area contributed by atoms with Gasteiger partial charge in [0.15, 0.2) is 5.69 Å². The Kier molecular flexibility index (Phi) is 3.70. The molecule has 0 bridgehead atoms. The molecule has 1 heterocycles. The molecule has 2 aromatic rings. The molecule has 0 spiro atoms. The highest BCUT2D eigenvalue weighted by Crippen LogP contribution is 2.47. The number of nitrogens with one attached hydrogen (secondary N) is 1. The lowest BCUT2D eigenvalue weighted by atomic mass is 10.1. The second-order valence-electron chi connectivity index (χ2n) is 5.01. The van der Waals surface area contributed by atoms with Crippen molar-refractivity contribution in [3.05, 3.63) is 52.0 Å². The third-order valence-electron chi connectivity index (χ3n) is 3.54. The van der Waals surface area contributed by atoms with Crippen molar-refractivity contribution in [2.24, 2.45) is 5.92 Å². The van der Waals surface area contributed by atoms with E-state index in [9.17, 15) is 9.59 Å². The van der Waals surface area contributed by atoms with Gasteiger partial charge in [-0.05, 0) is 17.9 Å². The second kappa shape index (κ2) is 5.65. The van der Waals surface area contributed by atoms with Crippen molar-refractivity contribution < 1.29 is 14.7 Å². The topological polar surface area (TPSA) is 79.3 Å². The largest absolute Gasteiger partial charge is 0.476 e. The highest BCUT2D eigenvalue weighted by molar-refractivity contribution is 7.09. The molecule has 1 aromatic heterocycles. The highest BCUT2D eigenvalue weighted by Gasteiger charge is 2.43. The van der Waals surface area contributed by atoms with Crippen molar-refractivity contribution in [2.45, 2.75) is 18.9 Å². The maximum absolute atomic E-state index is 12.1. The van der Waals surface area contributed by atoms with Crippen molar-refractivity contribution in [1.29, 1.82) is 0 Å². The molecular weight excluding hydrogens is 288 g/mol. The fourth-order valence-electron chi connectivity index (χ4n) is 2.34. The molecule has 6 heteroatoms. The average molecular weight is 302 g/mol. The normalized spacial score (nSPS) is 20.0. The number of aromatic nitrogens is 1. The van der Waals surface area contributed by atoms with Crippen molar-refractivity contribution >= 4 is 23.2 Å². The van der Waals surface area contributed by atoms with Gasteiger partial charge in [0, 0.05) is 11.3 Å². The maximum Gasteiger partial charge on any atom is 0.355 e. The Hall–Kier alpha value is -2.21. The predicted molar refractivity (Wildman–Crippen MR) is 78.2 cm³/mol. The molecule has 3 rings (SSSR count). The van der Waals surface area contributed by atoms with Crippen LogP contribution >= 0.6 is 11.3 Å². The summed E-state index contributed by atoms with van der Waals surface area (Å²) in [5.41, 5.74) is 1.22. The average Bonchev–Trinajstić information content (AvgIpc) is 3.15. The molecule has 0 unspecified atom stereocenters. The van der Waals surface area contributed by atoms with Gasteiger partial charge in [-0.25, -0.2) is 9.78 Å². The first kappa shape index (κ1) is 13.8. The number of carboxylic acid groups (broad SMARTS) is 1. The number of carboxylic acids is 1. The molecule has 1 aromatic carbocycles. The van der Waals surface area contributed by atoms with Crippen LogP contribution in [-0.2, 0) is 11.3 Å². The Balaban J connectivity index is 1.52. The smallest absolute Gasteiger partial charge is 0.355 e. The van der Waals surface area contributed by atoms with Gasteiger partial charge >= 0.3 is 5.97 Å². The molecule has 108 valence electrons. The lowest BCUT2D eigenvalue weighted by Gasteiger charge is -2.03. The van der Waals surface area contributed by atoms with Crippen LogP contribution in [0, 0.1) is 5.92 Å². The molecule has 21 heavy (non-hydrogen) atoms. The second-order valence-corrected chi connectivity index (χ2v) is 5.95. The Morgan fingerprint density at radius 1 is 1.33 bits per heavy atom. The molecule has 2 atom stereocenters. The predicted octanol–water partition coefficient (Wildman–Crippen LogP) is 2.26. The van der Waals surface area contributed by atoms with E-state index in [2.05, 4.69) is 10.3 Å². The van der Waals surface area contributed by atoms with Crippen molar-refractivity contribution in [3.63, 3.8) is 0 Å². The minimum absolute atomic E-state index is 0.0101. The number of hydrogen-bond acceptors (Lipinski definition) is 4. The first-order valence-corrected chi connectivity index (χ1v) is 7.53.